The summed E-state index contributed by atoms with van der Waals surface area (Å²) in [5.41, 5.74) is 1.21. The van der Waals surface area contributed by atoms with Gasteiger partial charge in [-0.2, -0.15) is 0 Å². The lowest BCUT2D eigenvalue weighted by atomic mass is 10.2. The molecule has 1 heterocycles. The maximum atomic E-state index is 13.2. The van der Waals surface area contributed by atoms with Crippen molar-refractivity contribution in [3.63, 3.8) is 0 Å². The molecule has 25 heavy (non-hydrogen) atoms. The lowest BCUT2D eigenvalue weighted by Crippen LogP contribution is -2.10. The first-order chi connectivity index (χ1) is 12.1. The Labute approximate surface area is 149 Å². The summed E-state index contributed by atoms with van der Waals surface area (Å²) in [7, 11) is 0. The van der Waals surface area contributed by atoms with Gasteiger partial charge < -0.3 is 14.5 Å². The summed E-state index contributed by atoms with van der Waals surface area (Å²) in [6.07, 6.45) is 0. The molecule has 0 unspecified atom stereocenters. The molecule has 4 nitrogen and oxygen atoms in total. The molecule has 3 aromatic rings. The largest absolute Gasteiger partial charge is 0.494 e. The Kier molecular flexibility index (Phi) is 5.05. The number of benzene rings is 2. The van der Waals surface area contributed by atoms with Crippen LogP contribution in [0.1, 0.15) is 17.5 Å². The van der Waals surface area contributed by atoms with Crippen molar-refractivity contribution in [3.8, 4) is 17.1 Å². The minimum absolute atomic E-state index is 0.00529. The maximum Gasteiger partial charge on any atom is 0.291 e. The van der Waals surface area contributed by atoms with Gasteiger partial charge in [-0.3, -0.25) is 4.79 Å². The van der Waals surface area contributed by atoms with Gasteiger partial charge in [-0.15, -0.1) is 0 Å². The van der Waals surface area contributed by atoms with Crippen LogP contribution in [0.4, 0.5) is 10.1 Å². The Morgan fingerprint density at radius 1 is 1.16 bits per heavy atom. The lowest BCUT2D eigenvalue weighted by molar-refractivity contribution is 0.0997. The summed E-state index contributed by atoms with van der Waals surface area (Å²) in [6.45, 7) is 2.48. The average Bonchev–Trinajstić information content (AvgIpc) is 3.09. The molecule has 0 saturated heterocycles. The summed E-state index contributed by atoms with van der Waals surface area (Å²) in [5.74, 6) is 0.408. The first-order valence-electron chi connectivity index (χ1n) is 7.66. The van der Waals surface area contributed by atoms with Crippen LogP contribution in [0, 0.1) is 5.82 Å². The molecule has 1 amide bonds. The third kappa shape index (κ3) is 4.00. The van der Waals surface area contributed by atoms with Crippen LogP contribution in [0.15, 0.2) is 59.0 Å². The number of carbonyl (C=O) groups excluding carboxylic acids is 1. The van der Waals surface area contributed by atoms with Crippen molar-refractivity contribution in [1.29, 1.82) is 0 Å². The predicted molar refractivity (Wildman–Crippen MR) is 94.7 cm³/mol. The molecule has 128 valence electrons. The summed E-state index contributed by atoms with van der Waals surface area (Å²) in [6, 6.07) is 14.4. The van der Waals surface area contributed by atoms with Gasteiger partial charge >= 0.3 is 0 Å². The molecule has 0 fully saturated rings. The summed E-state index contributed by atoms with van der Waals surface area (Å²) in [4.78, 5) is 12.3. The molecule has 1 N–H and O–H groups in total. The van der Waals surface area contributed by atoms with Crippen molar-refractivity contribution >= 4 is 23.2 Å². The fourth-order valence-corrected chi connectivity index (χ4v) is 2.44. The minimum Gasteiger partial charge on any atom is -0.494 e. The zero-order chi connectivity index (χ0) is 17.8. The highest BCUT2D eigenvalue weighted by Gasteiger charge is 2.13. The Morgan fingerprint density at radius 3 is 2.60 bits per heavy atom. The average molecular weight is 360 g/mol. The van der Waals surface area contributed by atoms with Crippen LogP contribution in [0.25, 0.3) is 11.3 Å². The van der Waals surface area contributed by atoms with Crippen LogP contribution >= 0.6 is 11.6 Å². The van der Waals surface area contributed by atoms with Gasteiger partial charge in [0.05, 0.1) is 11.6 Å². The highest BCUT2D eigenvalue weighted by Crippen LogP contribution is 2.27. The highest BCUT2D eigenvalue weighted by atomic mass is 35.5. The number of halogens is 2. The molecule has 6 heteroatoms. The molecule has 0 aliphatic heterocycles. The van der Waals surface area contributed by atoms with Crippen molar-refractivity contribution in [1.82, 2.24) is 0 Å². The summed E-state index contributed by atoms with van der Waals surface area (Å²) < 4.78 is 24.1. The van der Waals surface area contributed by atoms with E-state index in [0.29, 0.717) is 23.6 Å². The van der Waals surface area contributed by atoms with E-state index < -0.39 is 5.82 Å². The molecular formula is C19H15ClFNO3. The third-order valence-electron chi connectivity index (χ3n) is 3.46. The molecule has 1 aromatic heterocycles. The number of carbonyl (C=O) groups is 1. The zero-order valence-electron chi connectivity index (χ0n) is 13.4. The molecule has 0 radical (unpaired) electrons. The molecule has 0 spiro atoms. The number of hydrogen-bond acceptors (Lipinski definition) is 3. The van der Waals surface area contributed by atoms with E-state index in [4.69, 9.17) is 20.8 Å². The second-order valence-electron chi connectivity index (χ2n) is 5.20. The highest BCUT2D eigenvalue weighted by molar-refractivity contribution is 6.31. The third-order valence-corrected chi connectivity index (χ3v) is 3.75. The Hall–Kier alpha value is -2.79. The number of amides is 1. The second kappa shape index (κ2) is 7.40. The maximum absolute atomic E-state index is 13.2. The van der Waals surface area contributed by atoms with Crippen LogP contribution < -0.4 is 10.1 Å². The Bertz CT molecular complexity index is 890. The fourth-order valence-electron chi connectivity index (χ4n) is 2.26. The molecule has 0 aliphatic carbocycles. The van der Waals surface area contributed by atoms with Crippen LogP contribution in [-0.4, -0.2) is 12.5 Å². The van der Waals surface area contributed by atoms with Crippen LogP contribution in [0.3, 0.4) is 0 Å². The van der Waals surface area contributed by atoms with Crippen molar-refractivity contribution in [2.24, 2.45) is 0 Å². The summed E-state index contributed by atoms with van der Waals surface area (Å²) >= 11 is 5.77. The van der Waals surface area contributed by atoms with E-state index in [1.165, 1.54) is 18.2 Å². The smallest absolute Gasteiger partial charge is 0.291 e. The molecule has 2 aromatic carbocycles. The van der Waals surface area contributed by atoms with Gasteiger partial charge in [0.1, 0.15) is 17.3 Å². The van der Waals surface area contributed by atoms with Gasteiger partial charge in [-0.05, 0) is 61.5 Å². The predicted octanol–water partition coefficient (Wildman–Crippen LogP) is 5.39. The Balaban J connectivity index is 1.72. The minimum atomic E-state index is -0.509. The van der Waals surface area contributed by atoms with Crippen molar-refractivity contribution < 1.29 is 18.3 Å². The first kappa shape index (κ1) is 17.0. The second-order valence-corrected chi connectivity index (χ2v) is 5.61. The fraction of sp³-hybridized carbons (Fsp3) is 0.105. The number of furan rings is 1. The van der Waals surface area contributed by atoms with E-state index in [0.717, 1.165) is 5.75 Å². The number of ether oxygens (including phenoxy) is 1. The molecule has 0 saturated carbocycles. The molecule has 3 rings (SSSR count). The monoisotopic (exact) mass is 359 g/mol. The lowest BCUT2D eigenvalue weighted by Gasteiger charge is -2.06. The van der Waals surface area contributed by atoms with E-state index in [1.807, 2.05) is 6.92 Å². The van der Waals surface area contributed by atoms with Crippen LogP contribution in [-0.2, 0) is 0 Å². The van der Waals surface area contributed by atoms with Gasteiger partial charge in [0.2, 0.25) is 0 Å². The van der Waals surface area contributed by atoms with Crippen molar-refractivity contribution in [2.75, 3.05) is 11.9 Å². The normalized spacial score (nSPS) is 10.5. The van der Waals surface area contributed by atoms with E-state index in [-0.39, 0.29) is 16.7 Å². The number of nitrogens with one attached hydrogen (secondary N) is 1. The standard InChI is InChI=1S/C19H15ClFNO3/c1-2-24-14-6-4-13(5-7-14)22-19(23)18-10-9-17(25-18)12-3-8-16(21)15(20)11-12/h3-11H,2H2,1H3,(H,22,23). The first-order valence-corrected chi connectivity index (χ1v) is 8.04. The van der Waals surface area contributed by atoms with E-state index in [2.05, 4.69) is 5.32 Å². The number of anilines is 1. The molecule has 0 atom stereocenters. The Morgan fingerprint density at radius 2 is 1.92 bits per heavy atom. The van der Waals surface area contributed by atoms with Crippen LogP contribution in [0.5, 0.6) is 5.75 Å². The van der Waals surface area contributed by atoms with E-state index in [9.17, 15) is 9.18 Å². The zero-order valence-corrected chi connectivity index (χ0v) is 14.1. The number of hydrogen-bond donors (Lipinski definition) is 1. The van der Waals surface area contributed by atoms with Gasteiger partial charge in [-0.1, -0.05) is 11.6 Å². The van der Waals surface area contributed by atoms with Gasteiger partial charge in [0.15, 0.2) is 5.76 Å². The van der Waals surface area contributed by atoms with Gasteiger partial charge in [-0.25, -0.2) is 4.39 Å². The van der Waals surface area contributed by atoms with Gasteiger partial charge in [0, 0.05) is 11.3 Å². The van der Waals surface area contributed by atoms with E-state index in [1.54, 1.807) is 36.4 Å². The summed E-state index contributed by atoms with van der Waals surface area (Å²) in [5, 5.41) is 2.73. The van der Waals surface area contributed by atoms with Crippen molar-refractivity contribution in [2.45, 2.75) is 6.92 Å². The topological polar surface area (TPSA) is 51.5 Å². The van der Waals surface area contributed by atoms with Crippen LogP contribution in [0.2, 0.25) is 5.02 Å². The molecule has 0 bridgehead atoms. The van der Waals surface area contributed by atoms with Crippen molar-refractivity contribution in [3.05, 3.63) is 71.2 Å². The quantitative estimate of drug-likeness (QED) is 0.664. The number of rotatable bonds is 5. The van der Waals surface area contributed by atoms with E-state index >= 15 is 0 Å². The van der Waals surface area contributed by atoms with Gasteiger partial charge in [0.25, 0.3) is 5.91 Å². The molecular weight excluding hydrogens is 345 g/mol. The molecule has 0 aliphatic rings. The SMILES string of the molecule is CCOc1ccc(NC(=O)c2ccc(-c3ccc(F)c(Cl)c3)o2)cc1.